The number of nitriles is 1. The maximum atomic E-state index is 11.4. The molecular formula is C13H9NO. The van der Waals surface area contributed by atoms with Gasteiger partial charge in [-0.3, -0.25) is 4.79 Å². The summed E-state index contributed by atoms with van der Waals surface area (Å²) in [5.41, 5.74) is 1.60. The number of Topliss-reactive ketones (excluding diaryl/α,β-unsaturated/α-hetero) is 1. The number of nitrogens with zero attached hydrogens (tertiary/aromatic N) is 1. The van der Waals surface area contributed by atoms with Gasteiger partial charge < -0.3 is 0 Å². The van der Waals surface area contributed by atoms with E-state index in [-0.39, 0.29) is 0 Å². The highest BCUT2D eigenvalue weighted by molar-refractivity contribution is 6.15. The molecule has 72 valence electrons. The average molecular weight is 195 g/mol. The van der Waals surface area contributed by atoms with E-state index in [1.165, 1.54) is 0 Å². The van der Waals surface area contributed by atoms with Crippen LogP contribution in [0.5, 0.6) is 0 Å². The van der Waals surface area contributed by atoms with Gasteiger partial charge in [-0.1, -0.05) is 30.3 Å². The molecule has 0 aliphatic carbocycles. The first-order valence-electron chi connectivity index (χ1n) is 4.67. The zero-order chi connectivity index (χ0) is 10.8. The van der Waals surface area contributed by atoms with Gasteiger partial charge in [-0.2, -0.15) is 5.26 Å². The molecule has 0 aliphatic heterocycles. The van der Waals surface area contributed by atoms with Crippen LogP contribution >= 0.6 is 0 Å². The molecule has 0 heterocycles. The molecule has 0 radical (unpaired) electrons. The number of benzene rings is 2. The molecule has 2 aromatic carbocycles. The zero-order valence-corrected chi connectivity index (χ0v) is 8.32. The number of hydrogen-bond donors (Lipinski definition) is 0. The highest BCUT2D eigenvalue weighted by Crippen LogP contribution is 2.22. The fourth-order valence-corrected chi connectivity index (χ4v) is 1.73. The zero-order valence-electron chi connectivity index (χ0n) is 8.32. The molecule has 15 heavy (non-hydrogen) atoms. The summed E-state index contributed by atoms with van der Waals surface area (Å²) in [4.78, 5) is 11.4. The SMILES string of the molecule is Cc1cccc2c(C(=O)C#N)cccc12. The molecule has 0 aliphatic rings. The minimum Gasteiger partial charge on any atom is -0.277 e. The lowest BCUT2D eigenvalue weighted by atomic mass is 9.99. The Balaban J connectivity index is 2.84. The molecule has 2 aromatic rings. The Kier molecular flexibility index (Phi) is 2.23. The van der Waals surface area contributed by atoms with Gasteiger partial charge in [-0.15, -0.1) is 0 Å². The van der Waals surface area contributed by atoms with Gasteiger partial charge in [0.2, 0.25) is 0 Å². The smallest absolute Gasteiger partial charge is 0.262 e. The predicted octanol–water partition coefficient (Wildman–Crippen LogP) is 2.85. The van der Waals surface area contributed by atoms with Gasteiger partial charge in [-0.05, 0) is 29.3 Å². The lowest BCUT2D eigenvalue weighted by Crippen LogP contribution is -1.96. The largest absolute Gasteiger partial charge is 0.277 e. The van der Waals surface area contributed by atoms with E-state index in [0.29, 0.717) is 5.56 Å². The maximum Gasteiger partial charge on any atom is 0.262 e. The third-order valence-electron chi connectivity index (χ3n) is 2.49. The van der Waals surface area contributed by atoms with Gasteiger partial charge in [-0.25, -0.2) is 0 Å². The number of hydrogen-bond acceptors (Lipinski definition) is 2. The van der Waals surface area contributed by atoms with E-state index in [2.05, 4.69) is 0 Å². The first-order valence-corrected chi connectivity index (χ1v) is 4.67. The first kappa shape index (κ1) is 9.42. The second-order valence-corrected chi connectivity index (χ2v) is 3.42. The third kappa shape index (κ3) is 1.49. The average Bonchev–Trinajstić information content (AvgIpc) is 2.28. The minimum absolute atomic E-state index is 0.480. The summed E-state index contributed by atoms with van der Waals surface area (Å²) in [7, 11) is 0. The Labute approximate surface area is 87.8 Å². The summed E-state index contributed by atoms with van der Waals surface area (Å²) in [6.07, 6.45) is 0. The molecule has 0 fully saturated rings. The summed E-state index contributed by atoms with van der Waals surface area (Å²) in [6, 6.07) is 12.9. The van der Waals surface area contributed by atoms with E-state index < -0.39 is 5.78 Å². The fraction of sp³-hybridized carbons (Fsp3) is 0.0769. The van der Waals surface area contributed by atoms with Crippen molar-refractivity contribution in [3.8, 4) is 6.07 Å². The molecule has 0 aromatic heterocycles. The lowest BCUT2D eigenvalue weighted by Gasteiger charge is -2.04. The second-order valence-electron chi connectivity index (χ2n) is 3.42. The van der Waals surface area contributed by atoms with Crippen LogP contribution in [0.2, 0.25) is 0 Å². The molecule has 0 saturated carbocycles. The van der Waals surface area contributed by atoms with E-state index in [1.807, 2.05) is 31.2 Å². The van der Waals surface area contributed by atoms with Crippen LogP contribution in [0.4, 0.5) is 0 Å². The number of ketones is 1. The van der Waals surface area contributed by atoms with Crippen molar-refractivity contribution >= 4 is 16.6 Å². The maximum absolute atomic E-state index is 11.4. The van der Waals surface area contributed by atoms with Crippen molar-refractivity contribution in [1.29, 1.82) is 5.26 Å². The highest BCUT2D eigenvalue weighted by Gasteiger charge is 2.08. The molecule has 0 bridgehead atoms. The lowest BCUT2D eigenvalue weighted by molar-refractivity contribution is 0.105. The topological polar surface area (TPSA) is 40.9 Å². The molecule has 0 saturated heterocycles. The van der Waals surface area contributed by atoms with Gasteiger partial charge in [0, 0.05) is 5.56 Å². The molecule has 2 heteroatoms. The Morgan fingerprint density at radius 3 is 2.53 bits per heavy atom. The Bertz CT molecular complexity index is 579. The van der Waals surface area contributed by atoms with Crippen LogP contribution in [0.1, 0.15) is 15.9 Å². The normalized spacial score (nSPS) is 9.87. The van der Waals surface area contributed by atoms with Crippen molar-refractivity contribution in [1.82, 2.24) is 0 Å². The molecule has 0 unspecified atom stereocenters. The number of aryl methyl sites for hydroxylation is 1. The van der Waals surface area contributed by atoms with Crippen molar-refractivity contribution < 1.29 is 4.79 Å². The van der Waals surface area contributed by atoms with E-state index in [9.17, 15) is 4.79 Å². The standard InChI is InChI=1S/C13H9NO/c1-9-4-2-6-11-10(9)5-3-7-12(11)13(15)8-14/h2-7H,1H3. The van der Waals surface area contributed by atoms with Crippen LogP contribution < -0.4 is 0 Å². The number of fused-ring (bicyclic) bond motifs is 1. The van der Waals surface area contributed by atoms with Crippen molar-refractivity contribution in [3.63, 3.8) is 0 Å². The number of carbonyl (C=O) groups excluding carboxylic acids is 1. The van der Waals surface area contributed by atoms with E-state index in [0.717, 1.165) is 16.3 Å². The van der Waals surface area contributed by atoms with Crippen LogP contribution in [0.25, 0.3) is 10.8 Å². The molecular weight excluding hydrogens is 186 g/mol. The van der Waals surface area contributed by atoms with Crippen molar-refractivity contribution in [2.75, 3.05) is 0 Å². The van der Waals surface area contributed by atoms with Crippen LogP contribution in [-0.2, 0) is 0 Å². The summed E-state index contributed by atoms with van der Waals surface area (Å²) in [5.74, 6) is -0.480. The molecule has 0 N–H and O–H groups in total. The summed E-state index contributed by atoms with van der Waals surface area (Å²) >= 11 is 0. The third-order valence-corrected chi connectivity index (χ3v) is 2.49. The van der Waals surface area contributed by atoms with Gasteiger partial charge in [0.05, 0.1) is 0 Å². The van der Waals surface area contributed by atoms with Crippen LogP contribution in [0, 0.1) is 18.3 Å². The molecule has 2 rings (SSSR count). The van der Waals surface area contributed by atoms with Gasteiger partial charge in [0.1, 0.15) is 6.07 Å². The van der Waals surface area contributed by atoms with Crippen LogP contribution in [-0.4, -0.2) is 5.78 Å². The van der Waals surface area contributed by atoms with Crippen LogP contribution in [0.15, 0.2) is 36.4 Å². The van der Waals surface area contributed by atoms with E-state index in [1.54, 1.807) is 18.2 Å². The summed E-state index contributed by atoms with van der Waals surface area (Å²) < 4.78 is 0. The summed E-state index contributed by atoms with van der Waals surface area (Å²) in [5, 5.41) is 10.5. The Morgan fingerprint density at radius 1 is 1.13 bits per heavy atom. The van der Waals surface area contributed by atoms with Crippen LogP contribution in [0.3, 0.4) is 0 Å². The monoisotopic (exact) mass is 195 g/mol. The summed E-state index contributed by atoms with van der Waals surface area (Å²) in [6.45, 7) is 1.99. The Hall–Kier alpha value is -2.14. The van der Waals surface area contributed by atoms with Gasteiger partial charge in [0.15, 0.2) is 0 Å². The fourth-order valence-electron chi connectivity index (χ4n) is 1.73. The number of rotatable bonds is 1. The molecule has 2 nitrogen and oxygen atoms in total. The van der Waals surface area contributed by atoms with Gasteiger partial charge in [0.25, 0.3) is 5.78 Å². The quantitative estimate of drug-likeness (QED) is 0.518. The molecule has 0 spiro atoms. The number of carbonyl (C=O) groups is 1. The predicted molar refractivity (Wildman–Crippen MR) is 58.6 cm³/mol. The Morgan fingerprint density at radius 2 is 1.80 bits per heavy atom. The second kappa shape index (κ2) is 3.55. The van der Waals surface area contributed by atoms with E-state index in [4.69, 9.17) is 5.26 Å². The molecule has 0 atom stereocenters. The van der Waals surface area contributed by atoms with E-state index >= 15 is 0 Å². The molecule has 0 amide bonds. The van der Waals surface area contributed by atoms with Crippen molar-refractivity contribution in [3.05, 3.63) is 47.5 Å². The van der Waals surface area contributed by atoms with Gasteiger partial charge >= 0.3 is 0 Å². The minimum atomic E-state index is -0.480. The highest BCUT2D eigenvalue weighted by atomic mass is 16.1. The van der Waals surface area contributed by atoms with Crippen molar-refractivity contribution in [2.45, 2.75) is 6.92 Å². The van der Waals surface area contributed by atoms with Crippen molar-refractivity contribution in [2.24, 2.45) is 0 Å². The first-order chi connectivity index (χ1) is 7.24.